The van der Waals surface area contributed by atoms with Crippen LogP contribution in [0.1, 0.15) is 45.5 Å². The quantitative estimate of drug-likeness (QED) is 0.470. The second-order valence-corrected chi connectivity index (χ2v) is 7.78. The lowest BCUT2D eigenvalue weighted by Crippen LogP contribution is -2.14. The number of aromatic hydroxyl groups is 3. The lowest BCUT2D eigenvalue weighted by atomic mass is 9.80. The topological polar surface area (TPSA) is 87.0 Å². The van der Waals surface area contributed by atoms with Gasteiger partial charge in [-0.3, -0.25) is 4.79 Å². The van der Waals surface area contributed by atoms with Crippen molar-refractivity contribution in [2.75, 3.05) is 7.11 Å². The molecule has 0 aromatic heterocycles. The number of fused-ring (bicyclic) bond motifs is 1. The number of allylic oxidation sites excluding steroid dienone is 1. The minimum Gasteiger partial charge on any atom is -0.508 e. The molecule has 0 radical (unpaired) electrons. The van der Waals surface area contributed by atoms with Gasteiger partial charge in [-0.2, -0.15) is 0 Å². The average molecular weight is 423 g/mol. The number of carbonyl (C=O) groups excluding carboxylic acids is 1. The first-order valence-electron chi connectivity index (χ1n) is 8.58. The molecule has 7 heteroatoms. The number of ether oxygens (including phenoxy) is 1. The molecule has 2 atom stereocenters. The van der Waals surface area contributed by atoms with Gasteiger partial charge in [0.2, 0.25) is 0 Å². The summed E-state index contributed by atoms with van der Waals surface area (Å²) < 4.78 is 5.49. The van der Waals surface area contributed by atoms with Gasteiger partial charge < -0.3 is 20.1 Å². The summed E-state index contributed by atoms with van der Waals surface area (Å²) in [4.78, 5) is 11.8. The third kappa shape index (κ3) is 2.81. The van der Waals surface area contributed by atoms with E-state index in [-0.39, 0.29) is 44.5 Å². The molecule has 1 aliphatic carbocycles. The number of methoxy groups -OCH3 is 1. The molecule has 0 bridgehead atoms. The highest BCUT2D eigenvalue weighted by atomic mass is 35.5. The Balaban J connectivity index is 2.47. The van der Waals surface area contributed by atoms with Gasteiger partial charge in [0.05, 0.1) is 22.7 Å². The zero-order valence-electron chi connectivity index (χ0n) is 15.6. The van der Waals surface area contributed by atoms with Gasteiger partial charge in [0, 0.05) is 17.5 Å². The van der Waals surface area contributed by atoms with Crippen LogP contribution in [0.2, 0.25) is 10.0 Å². The summed E-state index contributed by atoms with van der Waals surface area (Å²) in [6, 6.07) is 1.15. The van der Waals surface area contributed by atoms with E-state index in [1.54, 1.807) is 6.92 Å². The van der Waals surface area contributed by atoms with Gasteiger partial charge in [0.25, 0.3) is 0 Å². The number of rotatable bonds is 4. The molecular formula is C21H20Cl2O5. The molecule has 0 heterocycles. The normalized spacial score (nSPS) is 18.0. The van der Waals surface area contributed by atoms with Crippen molar-refractivity contribution in [1.82, 2.24) is 0 Å². The summed E-state index contributed by atoms with van der Waals surface area (Å²) in [5.74, 6) is -1.39. The fourth-order valence-corrected chi connectivity index (χ4v) is 4.56. The van der Waals surface area contributed by atoms with Crippen molar-refractivity contribution in [3.8, 4) is 23.0 Å². The molecular weight excluding hydrogens is 403 g/mol. The number of hydrogen-bond acceptors (Lipinski definition) is 5. The number of phenols is 3. The lowest BCUT2D eigenvalue weighted by molar-refractivity contribution is 0.111. The Morgan fingerprint density at radius 1 is 1.21 bits per heavy atom. The smallest absolute Gasteiger partial charge is 0.154 e. The Morgan fingerprint density at radius 3 is 2.39 bits per heavy atom. The zero-order valence-corrected chi connectivity index (χ0v) is 17.1. The monoisotopic (exact) mass is 422 g/mol. The van der Waals surface area contributed by atoms with E-state index in [9.17, 15) is 20.1 Å². The molecule has 2 aromatic rings. The van der Waals surface area contributed by atoms with E-state index >= 15 is 0 Å². The van der Waals surface area contributed by atoms with Crippen molar-refractivity contribution in [2.45, 2.75) is 26.2 Å². The molecule has 0 amide bonds. The largest absolute Gasteiger partial charge is 0.508 e. The highest BCUT2D eigenvalue weighted by Crippen LogP contribution is 2.57. The van der Waals surface area contributed by atoms with E-state index < -0.39 is 5.92 Å². The minimum absolute atomic E-state index is 0.0378. The van der Waals surface area contributed by atoms with Crippen molar-refractivity contribution >= 4 is 29.5 Å². The molecule has 148 valence electrons. The Hall–Kier alpha value is -2.37. The van der Waals surface area contributed by atoms with E-state index in [0.717, 1.165) is 11.6 Å². The van der Waals surface area contributed by atoms with Gasteiger partial charge in [-0.05, 0) is 42.9 Å². The fraction of sp³-hybridized carbons (Fsp3) is 0.286. The highest BCUT2D eigenvalue weighted by Gasteiger charge is 2.42. The van der Waals surface area contributed by atoms with E-state index in [1.165, 1.54) is 7.11 Å². The molecule has 0 fully saturated rings. The first kappa shape index (κ1) is 20.4. The van der Waals surface area contributed by atoms with Crippen LogP contribution in [0.4, 0.5) is 0 Å². The molecule has 0 saturated heterocycles. The van der Waals surface area contributed by atoms with Crippen LogP contribution >= 0.6 is 23.2 Å². The molecule has 3 rings (SSSR count). The van der Waals surface area contributed by atoms with E-state index in [0.29, 0.717) is 35.0 Å². The van der Waals surface area contributed by atoms with Crippen LogP contribution < -0.4 is 4.74 Å². The van der Waals surface area contributed by atoms with Crippen molar-refractivity contribution in [3.63, 3.8) is 0 Å². The van der Waals surface area contributed by atoms with E-state index in [1.807, 2.05) is 6.92 Å². The van der Waals surface area contributed by atoms with Gasteiger partial charge in [-0.25, -0.2) is 0 Å². The molecule has 0 spiro atoms. The maximum atomic E-state index is 11.8. The van der Waals surface area contributed by atoms with Crippen LogP contribution in [0.5, 0.6) is 23.0 Å². The number of carbonyl (C=O) groups is 1. The second-order valence-electron chi connectivity index (χ2n) is 7.02. The summed E-state index contributed by atoms with van der Waals surface area (Å²) in [5.41, 5.74) is 2.48. The first-order chi connectivity index (χ1) is 13.1. The van der Waals surface area contributed by atoms with E-state index in [2.05, 4.69) is 6.58 Å². The Labute approximate surface area is 172 Å². The summed E-state index contributed by atoms with van der Waals surface area (Å²) in [5, 5.41) is 31.8. The Morgan fingerprint density at radius 2 is 1.86 bits per heavy atom. The van der Waals surface area contributed by atoms with Gasteiger partial charge in [0.15, 0.2) is 6.29 Å². The summed E-state index contributed by atoms with van der Waals surface area (Å²) in [7, 11) is 1.42. The standard InChI is InChI=1S/C21H20Cl2O5/c1-8(2)10-5-11-13(25)6-14(26)12(7-24)15(11)16(10)17-20(27)18(22)9(3)19(23)21(17)28-4/h6-7,10,16,25-27H,1,5H2,2-4H3/t10-,16-/m1/s1. The first-order valence-corrected chi connectivity index (χ1v) is 9.33. The maximum absolute atomic E-state index is 11.8. The Kier molecular flexibility index (Phi) is 5.26. The molecule has 5 nitrogen and oxygen atoms in total. The average Bonchev–Trinajstić information content (AvgIpc) is 3.04. The maximum Gasteiger partial charge on any atom is 0.154 e. The molecule has 0 unspecified atom stereocenters. The van der Waals surface area contributed by atoms with Crippen LogP contribution in [-0.4, -0.2) is 28.7 Å². The van der Waals surface area contributed by atoms with Crippen molar-refractivity contribution < 1.29 is 24.9 Å². The molecule has 0 aliphatic heterocycles. The molecule has 2 aromatic carbocycles. The number of benzene rings is 2. The van der Waals surface area contributed by atoms with Crippen LogP contribution in [0.3, 0.4) is 0 Å². The van der Waals surface area contributed by atoms with Crippen LogP contribution in [0.25, 0.3) is 0 Å². The van der Waals surface area contributed by atoms with Gasteiger partial charge in [-0.1, -0.05) is 35.4 Å². The van der Waals surface area contributed by atoms with Gasteiger partial charge in [-0.15, -0.1) is 0 Å². The fourth-order valence-electron chi connectivity index (χ4n) is 4.05. The zero-order chi connectivity index (χ0) is 20.9. The van der Waals surface area contributed by atoms with Crippen molar-refractivity contribution in [1.29, 1.82) is 0 Å². The number of hydrogen-bond donors (Lipinski definition) is 3. The van der Waals surface area contributed by atoms with Gasteiger partial charge >= 0.3 is 0 Å². The molecule has 28 heavy (non-hydrogen) atoms. The van der Waals surface area contributed by atoms with Crippen molar-refractivity contribution in [2.24, 2.45) is 5.92 Å². The number of aldehydes is 1. The van der Waals surface area contributed by atoms with Crippen LogP contribution in [0, 0.1) is 12.8 Å². The lowest BCUT2D eigenvalue weighted by Gasteiger charge is -2.27. The van der Waals surface area contributed by atoms with E-state index in [4.69, 9.17) is 27.9 Å². The predicted octanol–water partition coefficient (Wildman–Crippen LogP) is 5.12. The number of halogens is 2. The van der Waals surface area contributed by atoms with Gasteiger partial charge in [0.1, 0.15) is 23.0 Å². The van der Waals surface area contributed by atoms with Crippen molar-refractivity contribution in [3.05, 3.63) is 56.1 Å². The molecule has 3 N–H and O–H groups in total. The third-order valence-electron chi connectivity index (χ3n) is 5.44. The molecule has 1 aliphatic rings. The SMILES string of the molecule is C=C(C)[C@H]1Cc2c(O)cc(O)c(C=O)c2[C@@H]1c1c(O)c(Cl)c(C)c(Cl)c1OC. The summed E-state index contributed by atoms with van der Waals surface area (Å²) in [6.07, 6.45) is 0.899. The van der Waals surface area contributed by atoms with Crippen LogP contribution in [-0.2, 0) is 6.42 Å². The summed E-state index contributed by atoms with van der Waals surface area (Å²) >= 11 is 12.7. The second kappa shape index (κ2) is 7.22. The third-order valence-corrected chi connectivity index (χ3v) is 6.36. The minimum atomic E-state index is -0.642. The molecule has 0 saturated carbocycles. The highest BCUT2D eigenvalue weighted by molar-refractivity contribution is 6.38. The summed E-state index contributed by atoms with van der Waals surface area (Å²) in [6.45, 7) is 7.51. The Bertz CT molecular complexity index is 1010. The predicted molar refractivity (Wildman–Crippen MR) is 108 cm³/mol. The number of phenolic OH excluding ortho intramolecular Hbond substituents is 3. The van der Waals surface area contributed by atoms with Crippen LogP contribution in [0.15, 0.2) is 18.2 Å².